The van der Waals surface area contributed by atoms with Crippen molar-refractivity contribution in [3.05, 3.63) is 0 Å². The van der Waals surface area contributed by atoms with E-state index in [-0.39, 0.29) is 12.5 Å². The molecule has 0 spiro atoms. The van der Waals surface area contributed by atoms with Gasteiger partial charge in [0.15, 0.2) is 0 Å². The number of carbonyl (C=O) groups excluding carboxylic acids is 1. The number of nitriles is 1. The average Bonchev–Trinajstić information content (AvgIpc) is 2.45. The van der Waals surface area contributed by atoms with Gasteiger partial charge in [0.1, 0.15) is 0 Å². The number of aliphatic carboxylic acids is 1. The van der Waals surface area contributed by atoms with Gasteiger partial charge < -0.3 is 15.3 Å². The summed E-state index contributed by atoms with van der Waals surface area (Å²) in [6.45, 7) is 5.52. The molecule has 2 amide bonds. The summed E-state index contributed by atoms with van der Waals surface area (Å²) < 4.78 is 0. The van der Waals surface area contributed by atoms with Gasteiger partial charge in [-0.15, -0.1) is 0 Å². The van der Waals surface area contributed by atoms with Gasteiger partial charge in [-0.1, -0.05) is 19.8 Å². The molecule has 0 aromatic heterocycles. The van der Waals surface area contributed by atoms with Crippen LogP contribution in [0, 0.1) is 17.2 Å². The number of urea groups is 1. The second kappa shape index (κ2) is 12.0. The molecule has 0 saturated carbocycles. The third-order valence-electron chi connectivity index (χ3n) is 3.45. The maximum Gasteiger partial charge on any atom is 0.317 e. The molecule has 0 aromatic carbocycles. The number of carbonyl (C=O) groups is 2. The third kappa shape index (κ3) is 9.72. The number of rotatable bonds is 11. The summed E-state index contributed by atoms with van der Waals surface area (Å²) in [4.78, 5) is 24.1. The first-order chi connectivity index (χ1) is 10.0. The van der Waals surface area contributed by atoms with Crippen molar-refractivity contribution in [2.24, 2.45) is 5.92 Å². The zero-order valence-electron chi connectivity index (χ0n) is 13.1. The molecule has 1 unspecified atom stereocenters. The molecular weight excluding hydrogens is 270 g/mol. The molecule has 0 heterocycles. The van der Waals surface area contributed by atoms with Crippen LogP contribution in [-0.4, -0.2) is 41.6 Å². The quantitative estimate of drug-likeness (QED) is 0.613. The number of carboxylic acid groups (broad SMARTS) is 1. The summed E-state index contributed by atoms with van der Waals surface area (Å²) in [5, 5.41) is 20.1. The van der Waals surface area contributed by atoms with Gasteiger partial charge in [0, 0.05) is 26.1 Å². The van der Waals surface area contributed by atoms with E-state index >= 15 is 0 Å². The summed E-state index contributed by atoms with van der Waals surface area (Å²) in [5.74, 6) is -0.436. The molecule has 21 heavy (non-hydrogen) atoms. The Labute approximate surface area is 127 Å². The van der Waals surface area contributed by atoms with E-state index in [0.29, 0.717) is 38.4 Å². The van der Waals surface area contributed by atoms with Crippen LogP contribution in [0.25, 0.3) is 0 Å². The third-order valence-corrected chi connectivity index (χ3v) is 3.45. The molecule has 0 saturated heterocycles. The minimum absolute atomic E-state index is 0.152. The van der Waals surface area contributed by atoms with E-state index in [4.69, 9.17) is 10.4 Å². The van der Waals surface area contributed by atoms with E-state index in [9.17, 15) is 9.59 Å². The summed E-state index contributed by atoms with van der Waals surface area (Å²) in [6, 6.07) is 1.88. The van der Waals surface area contributed by atoms with Crippen molar-refractivity contribution in [3.63, 3.8) is 0 Å². The Morgan fingerprint density at radius 2 is 2.00 bits per heavy atom. The predicted octanol–water partition coefficient (Wildman–Crippen LogP) is 2.60. The highest BCUT2D eigenvalue weighted by Crippen LogP contribution is 2.17. The van der Waals surface area contributed by atoms with Gasteiger partial charge in [-0.2, -0.15) is 5.26 Å². The van der Waals surface area contributed by atoms with Crippen LogP contribution in [0.4, 0.5) is 4.79 Å². The number of nitrogens with zero attached hydrogens (tertiary/aromatic N) is 2. The van der Waals surface area contributed by atoms with E-state index in [0.717, 1.165) is 19.3 Å². The minimum Gasteiger partial charge on any atom is -0.481 e. The second-order valence-corrected chi connectivity index (χ2v) is 5.10. The van der Waals surface area contributed by atoms with Crippen LogP contribution >= 0.6 is 0 Å². The molecule has 6 heteroatoms. The van der Waals surface area contributed by atoms with Crippen LogP contribution in [0.15, 0.2) is 0 Å². The molecule has 0 aliphatic rings. The summed E-state index contributed by atoms with van der Waals surface area (Å²) in [7, 11) is 0. The lowest BCUT2D eigenvalue weighted by atomic mass is 9.94. The van der Waals surface area contributed by atoms with Crippen molar-refractivity contribution in [2.75, 3.05) is 19.6 Å². The highest BCUT2D eigenvalue weighted by atomic mass is 16.4. The van der Waals surface area contributed by atoms with Gasteiger partial charge in [-0.25, -0.2) is 4.79 Å². The number of hydrogen-bond donors (Lipinski definition) is 2. The number of carboxylic acids is 1. The van der Waals surface area contributed by atoms with Crippen LogP contribution in [0.2, 0.25) is 0 Å². The topological polar surface area (TPSA) is 93.4 Å². The van der Waals surface area contributed by atoms with Crippen LogP contribution in [0.1, 0.15) is 52.4 Å². The monoisotopic (exact) mass is 297 g/mol. The van der Waals surface area contributed by atoms with Gasteiger partial charge in [0.05, 0.1) is 12.5 Å². The lowest BCUT2D eigenvalue weighted by Gasteiger charge is -2.21. The molecule has 0 rings (SSSR count). The fraction of sp³-hybridized carbons (Fsp3) is 0.800. The first-order valence-corrected chi connectivity index (χ1v) is 7.66. The molecule has 0 radical (unpaired) electrons. The van der Waals surface area contributed by atoms with Gasteiger partial charge in [-0.3, -0.25) is 4.79 Å². The Balaban J connectivity index is 4.07. The van der Waals surface area contributed by atoms with Gasteiger partial charge in [-0.05, 0) is 25.7 Å². The molecule has 1 atom stereocenters. The van der Waals surface area contributed by atoms with Crippen molar-refractivity contribution in [2.45, 2.75) is 52.4 Å². The van der Waals surface area contributed by atoms with E-state index in [2.05, 4.69) is 12.2 Å². The summed E-state index contributed by atoms with van der Waals surface area (Å²) in [5.41, 5.74) is 0. The molecular formula is C15H27N3O3. The van der Waals surface area contributed by atoms with Crippen molar-refractivity contribution in [1.82, 2.24) is 10.2 Å². The van der Waals surface area contributed by atoms with E-state index in [1.165, 1.54) is 0 Å². The molecule has 0 bridgehead atoms. The van der Waals surface area contributed by atoms with Crippen LogP contribution in [0.5, 0.6) is 0 Å². The molecule has 2 N–H and O–H groups in total. The van der Waals surface area contributed by atoms with Crippen molar-refractivity contribution < 1.29 is 14.7 Å². The highest BCUT2D eigenvalue weighted by molar-refractivity contribution is 5.74. The maximum absolute atomic E-state index is 11.9. The number of amides is 2. The number of hydrogen-bond acceptors (Lipinski definition) is 3. The normalized spacial score (nSPS) is 11.5. The molecule has 6 nitrogen and oxygen atoms in total. The summed E-state index contributed by atoms with van der Waals surface area (Å²) >= 11 is 0. The Morgan fingerprint density at radius 1 is 1.29 bits per heavy atom. The van der Waals surface area contributed by atoms with Crippen LogP contribution in [-0.2, 0) is 4.79 Å². The lowest BCUT2D eigenvalue weighted by Crippen LogP contribution is -2.41. The molecule has 120 valence electrons. The van der Waals surface area contributed by atoms with Crippen LogP contribution < -0.4 is 5.32 Å². The highest BCUT2D eigenvalue weighted by Gasteiger charge is 2.13. The predicted molar refractivity (Wildman–Crippen MR) is 80.8 cm³/mol. The smallest absolute Gasteiger partial charge is 0.317 e. The van der Waals surface area contributed by atoms with Crippen molar-refractivity contribution in [3.8, 4) is 6.07 Å². The van der Waals surface area contributed by atoms with Crippen LogP contribution in [0.3, 0.4) is 0 Å². The zero-order chi connectivity index (χ0) is 16.1. The second-order valence-electron chi connectivity index (χ2n) is 5.10. The fourth-order valence-corrected chi connectivity index (χ4v) is 2.25. The zero-order valence-corrected chi connectivity index (χ0v) is 13.1. The molecule has 0 aliphatic heterocycles. The van der Waals surface area contributed by atoms with Gasteiger partial charge in [0.2, 0.25) is 0 Å². The molecule has 0 aromatic rings. The maximum atomic E-state index is 11.9. The number of nitrogens with one attached hydrogen (secondary N) is 1. The minimum atomic E-state index is -0.770. The van der Waals surface area contributed by atoms with E-state index in [1.807, 2.05) is 13.0 Å². The Hall–Kier alpha value is -1.77. The lowest BCUT2D eigenvalue weighted by molar-refractivity contribution is -0.137. The Morgan fingerprint density at radius 3 is 2.52 bits per heavy atom. The average molecular weight is 297 g/mol. The first-order valence-electron chi connectivity index (χ1n) is 7.66. The fourth-order valence-electron chi connectivity index (χ4n) is 2.25. The Bertz CT molecular complexity index is 353. The largest absolute Gasteiger partial charge is 0.481 e. The molecule has 0 fully saturated rings. The van der Waals surface area contributed by atoms with Gasteiger partial charge in [0.25, 0.3) is 0 Å². The van der Waals surface area contributed by atoms with E-state index < -0.39 is 5.97 Å². The summed E-state index contributed by atoms with van der Waals surface area (Å²) in [6.07, 6.45) is 3.96. The first kappa shape index (κ1) is 19.2. The van der Waals surface area contributed by atoms with E-state index in [1.54, 1.807) is 4.90 Å². The van der Waals surface area contributed by atoms with Crippen molar-refractivity contribution in [1.29, 1.82) is 5.26 Å². The van der Waals surface area contributed by atoms with Crippen molar-refractivity contribution >= 4 is 12.0 Å². The Kier molecular flexibility index (Phi) is 11.0. The SMILES string of the molecule is CCCC(CCNC(=O)N(CC)CCC#N)CCC(=O)O. The standard InChI is InChI=1S/C15H27N3O3/c1-3-6-13(7-8-14(19)20)9-11-17-15(21)18(4-2)12-5-10-16/h13H,3-9,11-12H2,1-2H3,(H,17,21)(H,19,20). The van der Waals surface area contributed by atoms with Gasteiger partial charge >= 0.3 is 12.0 Å². The molecule has 0 aliphatic carbocycles.